The van der Waals surface area contributed by atoms with Gasteiger partial charge in [-0.15, -0.1) is 11.6 Å². The third kappa shape index (κ3) is 1.38. The van der Waals surface area contributed by atoms with Crippen molar-refractivity contribution in [3.8, 4) is 0 Å². The summed E-state index contributed by atoms with van der Waals surface area (Å²) in [7, 11) is 0. The van der Waals surface area contributed by atoms with Gasteiger partial charge in [0.05, 0.1) is 5.38 Å². The van der Waals surface area contributed by atoms with Crippen LogP contribution < -0.4 is 0 Å². The Morgan fingerprint density at radius 2 is 2.00 bits per heavy atom. The van der Waals surface area contributed by atoms with Crippen molar-refractivity contribution in [3.63, 3.8) is 0 Å². The summed E-state index contributed by atoms with van der Waals surface area (Å²) < 4.78 is 0. The Kier molecular flexibility index (Phi) is 2.11. The van der Waals surface area contributed by atoms with Crippen molar-refractivity contribution in [1.82, 2.24) is 0 Å². The van der Waals surface area contributed by atoms with Gasteiger partial charge in [0.2, 0.25) is 0 Å². The summed E-state index contributed by atoms with van der Waals surface area (Å²) in [5.41, 5.74) is 5.60. The Morgan fingerprint density at radius 1 is 1.31 bits per heavy atom. The number of rotatable bonds is 0. The highest BCUT2D eigenvalue weighted by Gasteiger charge is 2.27. The van der Waals surface area contributed by atoms with Crippen molar-refractivity contribution >= 4 is 11.6 Å². The zero-order chi connectivity index (χ0) is 9.59. The first-order chi connectivity index (χ1) is 6.09. The van der Waals surface area contributed by atoms with Crippen molar-refractivity contribution in [2.24, 2.45) is 0 Å². The molecule has 0 aliphatic heterocycles. The predicted octanol–water partition coefficient (Wildman–Crippen LogP) is 4.09. The first-order valence-electron chi connectivity index (χ1n) is 4.84. The highest BCUT2D eigenvalue weighted by Crippen LogP contribution is 2.45. The highest BCUT2D eigenvalue weighted by atomic mass is 35.5. The zero-order valence-corrected chi connectivity index (χ0v) is 9.15. The molecule has 1 heteroatoms. The summed E-state index contributed by atoms with van der Waals surface area (Å²) in [6, 6.07) is 4.49. The van der Waals surface area contributed by atoms with E-state index in [1.807, 2.05) is 0 Å². The van der Waals surface area contributed by atoms with Gasteiger partial charge in [0, 0.05) is 0 Å². The van der Waals surface area contributed by atoms with Crippen molar-refractivity contribution in [1.29, 1.82) is 0 Å². The summed E-state index contributed by atoms with van der Waals surface area (Å²) in [6.07, 6.45) is 1.10. The third-order valence-electron chi connectivity index (χ3n) is 2.95. The molecular formula is C12H15Cl. The minimum absolute atomic E-state index is 0.239. The molecule has 0 N–H and O–H groups in total. The second-order valence-electron chi connectivity index (χ2n) is 4.19. The average molecular weight is 195 g/mol. The van der Waals surface area contributed by atoms with E-state index in [0.29, 0.717) is 5.92 Å². The maximum Gasteiger partial charge on any atom is 0.0593 e. The molecule has 0 amide bonds. The fourth-order valence-corrected chi connectivity index (χ4v) is 2.95. The molecule has 1 aliphatic rings. The van der Waals surface area contributed by atoms with Crippen LogP contribution in [-0.4, -0.2) is 0 Å². The molecule has 1 aromatic carbocycles. The van der Waals surface area contributed by atoms with E-state index in [4.69, 9.17) is 11.6 Å². The lowest BCUT2D eigenvalue weighted by Crippen LogP contribution is -1.92. The lowest BCUT2D eigenvalue weighted by atomic mass is 9.96. The molecule has 0 aromatic heterocycles. The summed E-state index contributed by atoms with van der Waals surface area (Å²) >= 11 is 6.28. The van der Waals surface area contributed by atoms with Gasteiger partial charge < -0.3 is 0 Å². The number of benzene rings is 1. The average Bonchev–Trinajstić information content (AvgIpc) is 2.27. The van der Waals surface area contributed by atoms with E-state index in [-0.39, 0.29) is 5.38 Å². The van der Waals surface area contributed by atoms with Crippen molar-refractivity contribution < 1.29 is 0 Å². The van der Waals surface area contributed by atoms with Gasteiger partial charge in [-0.05, 0) is 42.9 Å². The van der Waals surface area contributed by atoms with Gasteiger partial charge in [-0.25, -0.2) is 0 Å². The van der Waals surface area contributed by atoms with Gasteiger partial charge in [0.1, 0.15) is 0 Å². The molecule has 0 saturated carbocycles. The molecule has 1 aromatic rings. The van der Waals surface area contributed by atoms with Crippen LogP contribution in [0, 0.1) is 13.8 Å². The molecule has 2 unspecified atom stereocenters. The monoisotopic (exact) mass is 194 g/mol. The van der Waals surface area contributed by atoms with Gasteiger partial charge in [0.15, 0.2) is 0 Å². The fourth-order valence-electron chi connectivity index (χ4n) is 2.50. The van der Waals surface area contributed by atoms with E-state index in [0.717, 1.165) is 6.42 Å². The number of hydrogen-bond donors (Lipinski definition) is 0. The van der Waals surface area contributed by atoms with Crippen LogP contribution in [0.15, 0.2) is 12.1 Å². The van der Waals surface area contributed by atoms with Crippen LogP contribution in [0.1, 0.15) is 46.9 Å². The summed E-state index contributed by atoms with van der Waals surface area (Å²) in [6.45, 7) is 6.60. The standard InChI is InChI=1S/C12H15Cl/c1-7-4-8(2)12-9(3)6-11(13)10(12)5-7/h4-5,9,11H,6H2,1-3H3. The van der Waals surface area contributed by atoms with E-state index in [2.05, 4.69) is 32.9 Å². The van der Waals surface area contributed by atoms with E-state index in [1.165, 1.54) is 22.3 Å². The summed E-state index contributed by atoms with van der Waals surface area (Å²) in [4.78, 5) is 0. The SMILES string of the molecule is Cc1cc(C)c2c(c1)C(Cl)CC2C. The van der Waals surface area contributed by atoms with Crippen LogP contribution in [0.25, 0.3) is 0 Å². The second-order valence-corrected chi connectivity index (χ2v) is 4.72. The molecule has 0 nitrogen and oxygen atoms in total. The van der Waals surface area contributed by atoms with Gasteiger partial charge in [0.25, 0.3) is 0 Å². The molecule has 2 rings (SSSR count). The molecule has 0 bridgehead atoms. The first-order valence-corrected chi connectivity index (χ1v) is 5.28. The molecule has 0 radical (unpaired) electrons. The fraction of sp³-hybridized carbons (Fsp3) is 0.500. The van der Waals surface area contributed by atoms with Crippen LogP contribution in [-0.2, 0) is 0 Å². The minimum atomic E-state index is 0.239. The summed E-state index contributed by atoms with van der Waals surface area (Å²) in [5.74, 6) is 0.637. The number of fused-ring (bicyclic) bond motifs is 1. The Bertz CT molecular complexity index is 341. The van der Waals surface area contributed by atoms with Crippen molar-refractivity contribution in [2.75, 3.05) is 0 Å². The molecule has 0 fully saturated rings. The molecule has 0 heterocycles. The largest absolute Gasteiger partial charge is 0.118 e. The quantitative estimate of drug-likeness (QED) is 0.546. The number of halogens is 1. The molecule has 13 heavy (non-hydrogen) atoms. The summed E-state index contributed by atoms with van der Waals surface area (Å²) in [5, 5.41) is 0.239. The normalized spacial score (nSPS) is 26.2. The number of alkyl halides is 1. The zero-order valence-electron chi connectivity index (χ0n) is 8.39. The smallest absolute Gasteiger partial charge is 0.0593 e. The molecular weight excluding hydrogens is 180 g/mol. The Hall–Kier alpha value is -0.490. The van der Waals surface area contributed by atoms with E-state index in [9.17, 15) is 0 Å². The van der Waals surface area contributed by atoms with Gasteiger partial charge in [-0.2, -0.15) is 0 Å². The lowest BCUT2D eigenvalue weighted by molar-refractivity contribution is 0.730. The van der Waals surface area contributed by atoms with Crippen LogP contribution >= 0.6 is 11.6 Å². The van der Waals surface area contributed by atoms with Crippen LogP contribution in [0.2, 0.25) is 0 Å². The van der Waals surface area contributed by atoms with Crippen LogP contribution in [0.5, 0.6) is 0 Å². The van der Waals surface area contributed by atoms with E-state index >= 15 is 0 Å². The lowest BCUT2D eigenvalue weighted by Gasteiger charge is -2.09. The van der Waals surface area contributed by atoms with Gasteiger partial charge in [-0.1, -0.05) is 24.6 Å². The Labute approximate surface area is 84.9 Å². The maximum atomic E-state index is 6.28. The predicted molar refractivity (Wildman–Crippen MR) is 57.5 cm³/mol. The van der Waals surface area contributed by atoms with Crippen molar-refractivity contribution in [2.45, 2.75) is 38.5 Å². The number of aryl methyl sites for hydroxylation is 2. The molecule has 0 spiro atoms. The van der Waals surface area contributed by atoms with Crippen LogP contribution in [0.4, 0.5) is 0 Å². The number of hydrogen-bond acceptors (Lipinski definition) is 0. The molecule has 1 aliphatic carbocycles. The second kappa shape index (κ2) is 3.02. The molecule has 70 valence electrons. The first kappa shape index (κ1) is 9.08. The topological polar surface area (TPSA) is 0 Å². The Morgan fingerprint density at radius 3 is 2.69 bits per heavy atom. The van der Waals surface area contributed by atoms with E-state index < -0.39 is 0 Å². The van der Waals surface area contributed by atoms with Crippen molar-refractivity contribution in [3.05, 3.63) is 34.4 Å². The highest BCUT2D eigenvalue weighted by molar-refractivity contribution is 6.21. The van der Waals surface area contributed by atoms with Crippen LogP contribution in [0.3, 0.4) is 0 Å². The Balaban J connectivity index is 2.63. The third-order valence-corrected chi connectivity index (χ3v) is 3.37. The molecule has 0 saturated heterocycles. The minimum Gasteiger partial charge on any atom is -0.118 e. The van der Waals surface area contributed by atoms with Gasteiger partial charge >= 0.3 is 0 Å². The maximum absolute atomic E-state index is 6.28. The van der Waals surface area contributed by atoms with Gasteiger partial charge in [-0.3, -0.25) is 0 Å². The van der Waals surface area contributed by atoms with E-state index in [1.54, 1.807) is 0 Å². The molecule has 2 atom stereocenters.